The molecule has 0 bridgehead atoms. The molecular formula is C18H29Cl2NO2S. The first kappa shape index (κ1) is 21.8. The van der Waals surface area contributed by atoms with E-state index in [1.807, 2.05) is 0 Å². The Labute approximate surface area is 157 Å². The maximum absolute atomic E-state index is 12.3. The third kappa shape index (κ3) is 8.19. The predicted octanol–water partition coefficient (Wildman–Crippen LogP) is 6.19. The maximum atomic E-state index is 12.3. The van der Waals surface area contributed by atoms with E-state index in [0.717, 1.165) is 19.3 Å². The molecule has 0 radical (unpaired) electrons. The van der Waals surface area contributed by atoms with Crippen LogP contribution in [-0.2, 0) is 10.0 Å². The van der Waals surface area contributed by atoms with Crippen molar-refractivity contribution in [2.75, 3.05) is 6.54 Å². The lowest BCUT2D eigenvalue weighted by Gasteiger charge is -2.09. The molecule has 0 aliphatic carbocycles. The highest BCUT2D eigenvalue weighted by atomic mass is 35.5. The lowest BCUT2D eigenvalue weighted by molar-refractivity contribution is 0.549. The fraction of sp³-hybridized carbons (Fsp3) is 0.667. The minimum absolute atomic E-state index is 0.0274. The molecular weight excluding hydrogens is 365 g/mol. The average molecular weight is 394 g/mol. The monoisotopic (exact) mass is 393 g/mol. The zero-order valence-electron chi connectivity index (χ0n) is 14.5. The number of hydrogen-bond acceptors (Lipinski definition) is 2. The molecule has 0 atom stereocenters. The number of sulfonamides is 1. The van der Waals surface area contributed by atoms with Gasteiger partial charge in [0.25, 0.3) is 0 Å². The van der Waals surface area contributed by atoms with Crippen LogP contribution in [0.4, 0.5) is 0 Å². The summed E-state index contributed by atoms with van der Waals surface area (Å²) in [7, 11) is -3.65. The van der Waals surface area contributed by atoms with Gasteiger partial charge in [-0.2, -0.15) is 0 Å². The molecule has 3 nitrogen and oxygen atoms in total. The van der Waals surface area contributed by atoms with Crippen molar-refractivity contribution in [3.8, 4) is 0 Å². The van der Waals surface area contributed by atoms with E-state index in [9.17, 15) is 8.42 Å². The van der Waals surface area contributed by atoms with E-state index < -0.39 is 10.0 Å². The molecule has 0 fully saturated rings. The third-order valence-electron chi connectivity index (χ3n) is 4.01. The molecule has 0 aromatic heterocycles. The molecule has 0 spiro atoms. The second-order valence-corrected chi connectivity index (χ2v) is 8.65. The first-order chi connectivity index (χ1) is 11.5. The lowest BCUT2D eigenvalue weighted by atomic mass is 10.1. The second-order valence-electron chi connectivity index (χ2n) is 6.13. The second kappa shape index (κ2) is 12.1. The first-order valence-electron chi connectivity index (χ1n) is 8.92. The molecule has 0 unspecified atom stereocenters. The van der Waals surface area contributed by atoms with Crippen LogP contribution in [0.15, 0.2) is 23.1 Å². The summed E-state index contributed by atoms with van der Waals surface area (Å²) >= 11 is 11.9. The standard InChI is InChI=1S/C18H29Cl2NO2S/c1-2-3-4-5-6-7-8-9-10-11-15-21-24(22,23)18-16(19)13-12-14-17(18)20/h12-14,21H,2-11,15H2,1H3. The molecule has 0 saturated heterocycles. The van der Waals surface area contributed by atoms with E-state index in [2.05, 4.69) is 11.6 Å². The van der Waals surface area contributed by atoms with Crippen LogP contribution < -0.4 is 4.72 Å². The Bertz CT molecular complexity index is 556. The summed E-state index contributed by atoms with van der Waals surface area (Å²) < 4.78 is 27.1. The van der Waals surface area contributed by atoms with Crippen molar-refractivity contribution < 1.29 is 8.42 Å². The van der Waals surface area contributed by atoms with E-state index in [1.54, 1.807) is 6.07 Å². The number of halogens is 2. The summed E-state index contributed by atoms with van der Waals surface area (Å²) in [5, 5.41) is 0.302. The molecule has 1 rings (SSSR count). The Hall–Kier alpha value is -0.290. The van der Waals surface area contributed by atoms with Crippen LogP contribution in [0.3, 0.4) is 0 Å². The van der Waals surface area contributed by atoms with Crippen LogP contribution in [0.2, 0.25) is 10.0 Å². The van der Waals surface area contributed by atoms with Crippen LogP contribution in [0.1, 0.15) is 71.1 Å². The van der Waals surface area contributed by atoms with Gasteiger partial charge in [-0.3, -0.25) is 0 Å². The molecule has 1 aromatic carbocycles. The van der Waals surface area contributed by atoms with Crippen LogP contribution in [0, 0.1) is 0 Å². The Morgan fingerprint density at radius 2 is 1.29 bits per heavy atom. The van der Waals surface area contributed by atoms with Crippen molar-refractivity contribution in [1.82, 2.24) is 4.72 Å². The average Bonchev–Trinajstić information content (AvgIpc) is 2.52. The SMILES string of the molecule is CCCCCCCCCCCCNS(=O)(=O)c1c(Cl)cccc1Cl. The predicted molar refractivity (Wildman–Crippen MR) is 103 cm³/mol. The molecule has 0 amide bonds. The van der Waals surface area contributed by atoms with Gasteiger partial charge in [0.15, 0.2) is 0 Å². The maximum Gasteiger partial charge on any atom is 0.243 e. The summed E-state index contributed by atoms with van der Waals surface area (Å²) in [6.45, 7) is 2.65. The van der Waals surface area contributed by atoms with E-state index in [0.29, 0.717) is 6.54 Å². The van der Waals surface area contributed by atoms with Gasteiger partial charge in [0, 0.05) is 6.54 Å². The number of nitrogens with one attached hydrogen (secondary N) is 1. The molecule has 1 N–H and O–H groups in total. The van der Waals surface area contributed by atoms with E-state index in [4.69, 9.17) is 23.2 Å². The summed E-state index contributed by atoms with van der Waals surface area (Å²) in [6, 6.07) is 4.69. The molecule has 0 heterocycles. The fourth-order valence-electron chi connectivity index (χ4n) is 2.63. The van der Waals surface area contributed by atoms with E-state index >= 15 is 0 Å². The normalized spacial score (nSPS) is 11.8. The molecule has 6 heteroatoms. The highest BCUT2D eigenvalue weighted by molar-refractivity contribution is 7.89. The molecule has 0 aliphatic rings. The Kier molecular flexibility index (Phi) is 11.0. The molecule has 0 saturated carbocycles. The van der Waals surface area contributed by atoms with Gasteiger partial charge in [-0.05, 0) is 18.6 Å². The number of benzene rings is 1. The van der Waals surface area contributed by atoms with Crippen LogP contribution >= 0.6 is 23.2 Å². The first-order valence-corrected chi connectivity index (χ1v) is 11.2. The third-order valence-corrected chi connectivity index (χ3v) is 6.43. The largest absolute Gasteiger partial charge is 0.243 e. The topological polar surface area (TPSA) is 46.2 Å². The van der Waals surface area contributed by atoms with Crippen LogP contribution in [-0.4, -0.2) is 15.0 Å². The minimum atomic E-state index is -3.65. The van der Waals surface area contributed by atoms with E-state index in [1.165, 1.54) is 57.1 Å². The van der Waals surface area contributed by atoms with Crippen LogP contribution in [0.5, 0.6) is 0 Å². The Morgan fingerprint density at radius 3 is 1.79 bits per heavy atom. The van der Waals surface area contributed by atoms with Crippen molar-refractivity contribution in [2.24, 2.45) is 0 Å². The zero-order valence-corrected chi connectivity index (χ0v) is 16.8. The quantitative estimate of drug-likeness (QED) is 0.405. The number of hydrogen-bond donors (Lipinski definition) is 1. The smallest absolute Gasteiger partial charge is 0.211 e. The van der Waals surface area contributed by atoms with E-state index in [-0.39, 0.29) is 14.9 Å². The van der Waals surface area contributed by atoms with Gasteiger partial charge < -0.3 is 0 Å². The van der Waals surface area contributed by atoms with Gasteiger partial charge in [-0.25, -0.2) is 13.1 Å². The summed E-state index contributed by atoms with van der Waals surface area (Å²) in [5.41, 5.74) is 0. The lowest BCUT2D eigenvalue weighted by Crippen LogP contribution is -2.25. The highest BCUT2D eigenvalue weighted by Gasteiger charge is 2.20. The molecule has 1 aromatic rings. The molecule has 138 valence electrons. The van der Waals surface area contributed by atoms with Gasteiger partial charge in [-0.15, -0.1) is 0 Å². The van der Waals surface area contributed by atoms with Gasteiger partial charge >= 0.3 is 0 Å². The summed E-state index contributed by atoms with van der Waals surface area (Å²) in [4.78, 5) is -0.0274. The molecule has 24 heavy (non-hydrogen) atoms. The van der Waals surface area contributed by atoms with Gasteiger partial charge in [0.05, 0.1) is 10.0 Å². The minimum Gasteiger partial charge on any atom is -0.211 e. The van der Waals surface area contributed by atoms with Gasteiger partial charge in [0.2, 0.25) is 10.0 Å². The molecule has 0 aliphatic heterocycles. The van der Waals surface area contributed by atoms with Gasteiger partial charge in [-0.1, -0.05) is 94.0 Å². The van der Waals surface area contributed by atoms with Crippen molar-refractivity contribution in [3.63, 3.8) is 0 Å². The highest BCUT2D eigenvalue weighted by Crippen LogP contribution is 2.28. The fourth-order valence-corrected chi connectivity index (χ4v) is 4.84. The van der Waals surface area contributed by atoms with Crippen molar-refractivity contribution in [2.45, 2.75) is 76.0 Å². The van der Waals surface area contributed by atoms with Crippen molar-refractivity contribution in [1.29, 1.82) is 0 Å². The Morgan fingerprint density at radius 1 is 0.833 bits per heavy atom. The van der Waals surface area contributed by atoms with Crippen molar-refractivity contribution in [3.05, 3.63) is 28.2 Å². The Balaban J connectivity index is 2.17. The van der Waals surface area contributed by atoms with Crippen LogP contribution in [0.25, 0.3) is 0 Å². The van der Waals surface area contributed by atoms with Crippen molar-refractivity contribution >= 4 is 33.2 Å². The summed E-state index contributed by atoms with van der Waals surface area (Å²) in [5.74, 6) is 0. The van der Waals surface area contributed by atoms with Gasteiger partial charge in [0.1, 0.15) is 4.90 Å². The summed E-state index contributed by atoms with van der Waals surface area (Å²) in [6.07, 6.45) is 12.2. The number of rotatable bonds is 13. The zero-order chi connectivity index (χ0) is 17.8. The number of unbranched alkanes of at least 4 members (excludes halogenated alkanes) is 9.